The van der Waals surface area contributed by atoms with Gasteiger partial charge in [0.15, 0.2) is 0 Å². The molecular formula is C17H16F2N2O3. The Kier molecular flexibility index (Phi) is 5.47. The maximum Gasteiger partial charge on any atom is 0.387 e. The molecule has 0 heterocycles. The molecule has 0 radical (unpaired) electrons. The molecule has 0 fully saturated rings. The highest BCUT2D eigenvalue weighted by Gasteiger charge is 2.13. The fourth-order valence-corrected chi connectivity index (χ4v) is 2.12. The maximum absolute atomic E-state index is 12.3. The van der Waals surface area contributed by atoms with E-state index in [1.807, 2.05) is 0 Å². The van der Waals surface area contributed by atoms with Crippen LogP contribution in [0.4, 0.5) is 8.78 Å². The van der Waals surface area contributed by atoms with Gasteiger partial charge in [0, 0.05) is 24.7 Å². The van der Waals surface area contributed by atoms with Crippen molar-refractivity contribution in [1.29, 1.82) is 0 Å². The summed E-state index contributed by atoms with van der Waals surface area (Å²) in [5, 5.41) is 0. The van der Waals surface area contributed by atoms with Crippen molar-refractivity contribution in [3.8, 4) is 5.75 Å². The molecule has 0 bridgehead atoms. The molecule has 2 amide bonds. The van der Waals surface area contributed by atoms with Gasteiger partial charge in [-0.15, -0.1) is 0 Å². The SMILES string of the molecule is CN(Cc1ccc(OC(F)F)cc1)C(=O)c1ccc(C(N)=O)cc1. The number of halogens is 2. The van der Waals surface area contributed by atoms with Crippen molar-refractivity contribution >= 4 is 11.8 Å². The van der Waals surface area contributed by atoms with Gasteiger partial charge in [-0.05, 0) is 42.0 Å². The van der Waals surface area contributed by atoms with Crippen LogP contribution in [0.15, 0.2) is 48.5 Å². The quantitative estimate of drug-likeness (QED) is 0.883. The summed E-state index contributed by atoms with van der Waals surface area (Å²) in [7, 11) is 1.62. The molecule has 0 saturated carbocycles. The van der Waals surface area contributed by atoms with Crippen LogP contribution in [0.5, 0.6) is 5.75 Å². The standard InChI is InChI=1S/C17H16F2N2O3/c1-21(10-11-2-8-14(9-3-11)24-17(18)19)16(23)13-6-4-12(5-7-13)15(20)22/h2-9,17H,10H2,1H3,(H2,20,22). The molecular weight excluding hydrogens is 318 g/mol. The first-order valence-corrected chi connectivity index (χ1v) is 7.06. The molecule has 0 atom stereocenters. The summed E-state index contributed by atoms with van der Waals surface area (Å²) in [5.41, 5.74) is 6.66. The van der Waals surface area contributed by atoms with E-state index in [9.17, 15) is 18.4 Å². The number of hydrogen-bond acceptors (Lipinski definition) is 3. The highest BCUT2D eigenvalue weighted by atomic mass is 19.3. The summed E-state index contributed by atoms with van der Waals surface area (Å²) in [6, 6.07) is 12.1. The molecule has 0 aliphatic rings. The number of primary amides is 1. The van der Waals surface area contributed by atoms with E-state index >= 15 is 0 Å². The van der Waals surface area contributed by atoms with Gasteiger partial charge in [0.05, 0.1) is 0 Å². The van der Waals surface area contributed by atoms with Gasteiger partial charge in [-0.1, -0.05) is 12.1 Å². The Morgan fingerprint density at radius 3 is 2.08 bits per heavy atom. The van der Waals surface area contributed by atoms with Crippen molar-refractivity contribution in [2.75, 3.05) is 7.05 Å². The van der Waals surface area contributed by atoms with Crippen LogP contribution in [0.2, 0.25) is 0 Å². The highest BCUT2D eigenvalue weighted by Crippen LogP contribution is 2.16. The number of hydrogen-bond donors (Lipinski definition) is 1. The second-order valence-corrected chi connectivity index (χ2v) is 5.13. The predicted octanol–water partition coefficient (Wildman–Crippen LogP) is 2.66. The zero-order valence-corrected chi connectivity index (χ0v) is 12.9. The summed E-state index contributed by atoms with van der Waals surface area (Å²) in [6.45, 7) is -2.57. The maximum atomic E-state index is 12.3. The van der Waals surface area contributed by atoms with E-state index in [0.717, 1.165) is 5.56 Å². The minimum absolute atomic E-state index is 0.0600. The average Bonchev–Trinajstić information content (AvgIpc) is 2.55. The van der Waals surface area contributed by atoms with Crippen LogP contribution < -0.4 is 10.5 Å². The Labute approximate surface area is 137 Å². The number of nitrogens with two attached hydrogens (primary N) is 1. The van der Waals surface area contributed by atoms with E-state index in [0.29, 0.717) is 17.7 Å². The van der Waals surface area contributed by atoms with Crippen molar-refractivity contribution in [3.05, 3.63) is 65.2 Å². The van der Waals surface area contributed by atoms with E-state index < -0.39 is 12.5 Å². The van der Waals surface area contributed by atoms with Gasteiger partial charge in [0.25, 0.3) is 5.91 Å². The Balaban J connectivity index is 2.01. The summed E-state index contributed by atoms with van der Waals surface area (Å²) < 4.78 is 28.5. The predicted molar refractivity (Wildman–Crippen MR) is 83.8 cm³/mol. The van der Waals surface area contributed by atoms with Gasteiger partial charge in [0.1, 0.15) is 5.75 Å². The van der Waals surface area contributed by atoms with Crippen LogP contribution in [0.1, 0.15) is 26.3 Å². The molecule has 0 saturated heterocycles. The highest BCUT2D eigenvalue weighted by molar-refractivity contribution is 5.97. The number of ether oxygens (including phenoxy) is 1. The van der Waals surface area contributed by atoms with Crippen LogP contribution in [-0.4, -0.2) is 30.4 Å². The Hall–Kier alpha value is -2.96. The summed E-state index contributed by atoms with van der Waals surface area (Å²) in [5.74, 6) is -0.739. The zero-order chi connectivity index (χ0) is 17.7. The second kappa shape index (κ2) is 7.54. The number of rotatable bonds is 6. The minimum atomic E-state index is -2.87. The average molecular weight is 334 g/mol. The third-order valence-corrected chi connectivity index (χ3v) is 3.33. The minimum Gasteiger partial charge on any atom is -0.435 e. The van der Waals surface area contributed by atoms with Crippen molar-refractivity contribution in [2.24, 2.45) is 5.73 Å². The topological polar surface area (TPSA) is 72.6 Å². The van der Waals surface area contributed by atoms with E-state index in [-0.39, 0.29) is 11.7 Å². The van der Waals surface area contributed by atoms with Gasteiger partial charge >= 0.3 is 6.61 Å². The van der Waals surface area contributed by atoms with Gasteiger partial charge in [-0.25, -0.2) is 0 Å². The van der Waals surface area contributed by atoms with Crippen LogP contribution in [0, 0.1) is 0 Å². The van der Waals surface area contributed by atoms with E-state index in [2.05, 4.69) is 4.74 Å². The van der Waals surface area contributed by atoms with E-state index in [1.54, 1.807) is 19.2 Å². The van der Waals surface area contributed by atoms with Crippen LogP contribution in [0.3, 0.4) is 0 Å². The lowest BCUT2D eigenvalue weighted by Crippen LogP contribution is -2.26. The third-order valence-electron chi connectivity index (χ3n) is 3.33. The van der Waals surface area contributed by atoms with Gasteiger partial charge < -0.3 is 15.4 Å². The smallest absolute Gasteiger partial charge is 0.387 e. The Bertz CT molecular complexity index is 716. The zero-order valence-electron chi connectivity index (χ0n) is 12.9. The van der Waals surface area contributed by atoms with Gasteiger partial charge in [-0.2, -0.15) is 8.78 Å². The number of carbonyl (C=O) groups is 2. The van der Waals surface area contributed by atoms with Crippen LogP contribution in [0.25, 0.3) is 0 Å². The number of nitrogens with zero attached hydrogens (tertiary/aromatic N) is 1. The van der Waals surface area contributed by atoms with Crippen LogP contribution in [-0.2, 0) is 6.54 Å². The fraction of sp³-hybridized carbons (Fsp3) is 0.176. The van der Waals surface area contributed by atoms with E-state index in [1.165, 1.54) is 41.3 Å². The number of amides is 2. The molecule has 126 valence electrons. The first-order valence-electron chi connectivity index (χ1n) is 7.06. The Morgan fingerprint density at radius 1 is 1.04 bits per heavy atom. The molecule has 2 rings (SSSR count). The van der Waals surface area contributed by atoms with Crippen molar-refractivity contribution in [1.82, 2.24) is 4.90 Å². The number of alkyl halides is 2. The molecule has 0 spiro atoms. The lowest BCUT2D eigenvalue weighted by Gasteiger charge is -2.17. The van der Waals surface area contributed by atoms with E-state index in [4.69, 9.17) is 5.73 Å². The summed E-state index contributed by atoms with van der Waals surface area (Å²) >= 11 is 0. The van der Waals surface area contributed by atoms with Crippen molar-refractivity contribution in [3.63, 3.8) is 0 Å². The van der Waals surface area contributed by atoms with Gasteiger partial charge in [0.2, 0.25) is 5.91 Å². The third kappa shape index (κ3) is 4.52. The molecule has 0 aliphatic heterocycles. The lowest BCUT2D eigenvalue weighted by molar-refractivity contribution is -0.0498. The molecule has 2 N–H and O–H groups in total. The monoisotopic (exact) mass is 334 g/mol. The van der Waals surface area contributed by atoms with Crippen molar-refractivity contribution < 1.29 is 23.1 Å². The number of carbonyl (C=O) groups excluding carboxylic acids is 2. The first-order chi connectivity index (χ1) is 11.4. The first kappa shape index (κ1) is 17.4. The molecule has 0 aromatic heterocycles. The number of benzene rings is 2. The summed E-state index contributed by atoms with van der Waals surface area (Å²) in [6.07, 6.45) is 0. The second-order valence-electron chi connectivity index (χ2n) is 5.13. The molecule has 0 aliphatic carbocycles. The van der Waals surface area contributed by atoms with Gasteiger partial charge in [-0.3, -0.25) is 9.59 Å². The molecule has 2 aromatic carbocycles. The molecule has 5 nitrogen and oxygen atoms in total. The summed E-state index contributed by atoms with van der Waals surface area (Å²) in [4.78, 5) is 24.8. The molecule has 2 aromatic rings. The largest absolute Gasteiger partial charge is 0.435 e. The normalized spacial score (nSPS) is 10.5. The van der Waals surface area contributed by atoms with Crippen molar-refractivity contribution in [2.45, 2.75) is 13.2 Å². The molecule has 24 heavy (non-hydrogen) atoms. The molecule has 0 unspecified atom stereocenters. The van der Waals surface area contributed by atoms with Crippen LogP contribution >= 0.6 is 0 Å². The fourth-order valence-electron chi connectivity index (χ4n) is 2.12. The molecule has 7 heteroatoms. The Morgan fingerprint density at radius 2 is 1.58 bits per heavy atom. The lowest BCUT2D eigenvalue weighted by atomic mass is 10.1.